The summed E-state index contributed by atoms with van der Waals surface area (Å²) in [7, 11) is 0. The van der Waals surface area contributed by atoms with Crippen LogP contribution in [0.15, 0.2) is 24.3 Å². The van der Waals surface area contributed by atoms with Crippen molar-refractivity contribution in [2.75, 3.05) is 5.32 Å². The standard InChI is InChI=1S/C13H19NO.ClH/c1-5-12(15)10-8-6-7-9-11(10)14-13(2,3)4;/h6-9,14H,5H2,1-4H3;1H. The molecule has 16 heavy (non-hydrogen) atoms. The Balaban J connectivity index is 0.00000225. The lowest BCUT2D eigenvalue weighted by molar-refractivity contribution is 0.0989. The number of carbonyl (C=O) groups excluding carboxylic acids is 1. The van der Waals surface area contributed by atoms with Gasteiger partial charge in [0.1, 0.15) is 0 Å². The van der Waals surface area contributed by atoms with Gasteiger partial charge in [0, 0.05) is 23.2 Å². The first kappa shape index (κ1) is 15.0. The van der Waals surface area contributed by atoms with Crippen LogP contribution in [0.25, 0.3) is 0 Å². The average molecular weight is 242 g/mol. The molecule has 0 fully saturated rings. The maximum Gasteiger partial charge on any atom is 0.164 e. The predicted octanol–water partition coefficient (Wildman–Crippen LogP) is 3.91. The van der Waals surface area contributed by atoms with E-state index in [1.807, 2.05) is 31.2 Å². The van der Waals surface area contributed by atoms with E-state index in [4.69, 9.17) is 0 Å². The lowest BCUT2D eigenvalue weighted by atomic mass is 10.0. The molecule has 0 aliphatic heterocycles. The summed E-state index contributed by atoms with van der Waals surface area (Å²) in [5, 5.41) is 3.34. The molecule has 2 nitrogen and oxygen atoms in total. The summed E-state index contributed by atoms with van der Waals surface area (Å²) < 4.78 is 0. The van der Waals surface area contributed by atoms with Gasteiger partial charge in [0.2, 0.25) is 0 Å². The normalized spacial score (nSPS) is 10.5. The van der Waals surface area contributed by atoms with Gasteiger partial charge in [-0.2, -0.15) is 0 Å². The third-order valence-corrected chi connectivity index (χ3v) is 2.06. The van der Waals surface area contributed by atoms with E-state index in [1.54, 1.807) is 0 Å². The van der Waals surface area contributed by atoms with Gasteiger partial charge in [0.15, 0.2) is 5.78 Å². The van der Waals surface area contributed by atoms with E-state index in [1.165, 1.54) is 0 Å². The van der Waals surface area contributed by atoms with Crippen molar-refractivity contribution in [3.05, 3.63) is 29.8 Å². The van der Waals surface area contributed by atoms with Crippen molar-refractivity contribution in [3.63, 3.8) is 0 Å². The van der Waals surface area contributed by atoms with Gasteiger partial charge in [0.25, 0.3) is 0 Å². The second-order valence-electron chi connectivity index (χ2n) is 4.70. The molecule has 1 aromatic rings. The zero-order valence-corrected chi connectivity index (χ0v) is 11.1. The van der Waals surface area contributed by atoms with Crippen LogP contribution in [0.3, 0.4) is 0 Å². The van der Waals surface area contributed by atoms with Gasteiger partial charge in [-0.15, -0.1) is 12.4 Å². The topological polar surface area (TPSA) is 29.1 Å². The monoisotopic (exact) mass is 241 g/mol. The lowest BCUT2D eigenvalue weighted by Gasteiger charge is -2.23. The molecule has 1 aromatic carbocycles. The second-order valence-corrected chi connectivity index (χ2v) is 4.70. The molecule has 0 bridgehead atoms. The van der Waals surface area contributed by atoms with E-state index in [0.717, 1.165) is 11.3 Å². The van der Waals surface area contributed by atoms with Gasteiger partial charge in [-0.25, -0.2) is 0 Å². The van der Waals surface area contributed by atoms with Crippen molar-refractivity contribution in [1.29, 1.82) is 0 Å². The highest BCUT2D eigenvalue weighted by atomic mass is 35.5. The van der Waals surface area contributed by atoms with Crippen molar-refractivity contribution in [2.24, 2.45) is 0 Å². The van der Waals surface area contributed by atoms with Crippen LogP contribution in [0, 0.1) is 0 Å². The largest absolute Gasteiger partial charge is 0.380 e. The molecule has 0 aliphatic carbocycles. The number of Topliss-reactive ketones (excluding diaryl/α,β-unsaturated/α-hetero) is 1. The van der Waals surface area contributed by atoms with Gasteiger partial charge in [-0.3, -0.25) is 4.79 Å². The molecule has 0 radical (unpaired) electrons. The number of hydrogen-bond acceptors (Lipinski definition) is 2. The van der Waals surface area contributed by atoms with E-state index < -0.39 is 0 Å². The van der Waals surface area contributed by atoms with E-state index in [-0.39, 0.29) is 23.7 Å². The molecule has 0 aliphatic rings. The summed E-state index contributed by atoms with van der Waals surface area (Å²) in [5.74, 6) is 0.183. The van der Waals surface area contributed by atoms with E-state index in [9.17, 15) is 4.79 Å². The smallest absolute Gasteiger partial charge is 0.164 e. The van der Waals surface area contributed by atoms with Crippen LogP contribution in [0.1, 0.15) is 44.5 Å². The maximum absolute atomic E-state index is 11.7. The van der Waals surface area contributed by atoms with Crippen LogP contribution in [-0.2, 0) is 0 Å². The number of para-hydroxylation sites is 1. The maximum atomic E-state index is 11.7. The number of rotatable bonds is 3. The number of benzene rings is 1. The molecule has 0 atom stereocenters. The molecule has 1 N–H and O–H groups in total. The fourth-order valence-corrected chi connectivity index (χ4v) is 1.43. The van der Waals surface area contributed by atoms with Gasteiger partial charge in [0.05, 0.1) is 0 Å². The molecule has 0 saturated carbocycles. The Bertz CT molecular complexity index is 355. The van der Waals surface area contributed by atoms with E-state index >= 15 is 0 Å². The highest BCUT2D eigenvalue weighted by Gasteiger charge is 2.14. The predicted molar refractivity (Wildman–Crippen MR) is 71.7 cm³/mol. The Morgan fingerprint density at radius 2 is 1.81 bits per heavy atom. The second kappa shape index (κ2) is 5.90. The summed E-state index contributed by atoms with van der Waals surface area (Å²) in [5.41, 5.74) is 1.69. The quantitative estimate of drug-likeness (QED) is 0.813. The molecule has 1 rings (SSSR count). The SMILES string of the molecule is CCC(=O)c1ccccc1NC(C)(C)C.Cl. The molecular formula is C13H20ClNO. The zero-order valence-electron chi connectivity index (χ0n) is 10.3. The number of anilines is 1. The number of halogens is 1. The van der Waals surface area contributed by atoms with Crippen molar-refractivity contribution in [2.45, 2.75) is 39.7 Å². The summed E-state index contributed by atoms with van der Waals surface area (Å²) >= 11 is 0. The molecule has 0 spiro atoms. The molecule has 0 heterocycles. The summed E-state index contributed by atoms with van der Waals surface area (Å²) in [6.45, 7) is 8.14. The summed E-state index contributed by atoms with van der Waals surface area (Å²) in [6.07, 6.45) is 0.544. The summed E-state index contributed by atoms with van der Waals surface area (Å²) in [4.78, 5) is 11.7. The minimum atomic E-state index is -0.0237. The minimum absolute atomic E-state index is 0. The highest BCUT2D eigenvalue weighted by Crippen LogP contribution is 2.20. The van der Waals surface area contributed by atoms with Crippen LogP contribution >= 0.6 is 12.4 Å². The Morgan fingerprint density at radius 3 is 2.31 bits per heavy atom. The molecule has 0 aromatic heterocycles. The first-order chi connectivity index (χ1) is 6.94. The molecular weight excluding hydrogens is 222 g/mol. The van der Waals surface area contributed by atoms with E-state index in [0.29, 0.717) is 6.42 Å². The molecule has 0 saturated heterocycles. The lowest BCUT2D eigenvalue weighted by Crippen LogP contribution is -2.27. The third-order valence-electron chi connectivity index (χ3n) is 2.06. The van der Waals surface area contributed by atoms with Gasteiger partial charge in [-0.05, 0) is 32.9 Å². The number of ketones is 1. The number of carbonyl (C=O) groups is 1. The first-order valence-corrected chi connectivity index (χ1v) is 5.34. The Hall–Kier alpha value is -1.02. The van der Waals surface area contributed by atoms with Gasteiger partial charge < -0.3 is 5.32 Å². The molecule has 0 amide bonds. The molecule has 90 valence electrons. The van der Waals surface area contributed by atoms with Crippen molar-refractivity contribution >= 4 is 23.9 Å². The third kappa shape index (κ3) is 4.23. The molecule has 0 unspecified atom stereocenters. The first-order valence-electron chi connectivity index (χ1n) is 5.34. The van der Waals surface area contributed by atoms with Crippen molar-refractivity contribution < 1.29 is 4.79 Å². The van der Waals surface area contributed by atoms with Crippen molar-refractivity contribution in [1.82, 2.24) is 0 Å². The van der Waals surface area contributed by atoms with Gasteiger partial charge >= 0.3 is 0 Å². The van der Waals surface area contributed by atoms with Crippen LogP contribution in [-0.4, -0.2) is 11.3 Å². The van der Waals surface area contributed by atoms with E-state index in [2.05, 4.69) is 26.1 Å². The van der Waals surface area contributed by atoms with Crippen LogP contribution in [0.5, 0.6) is 0 Å². The van der Waals surface area contributed by atoms with Crippen LogP contribution in [0.2, 0.25) is 0 Å². The van der Waals surface area contributed by atoms with Crippen molar-refractivity contribution in [3.8, 4) is 0 Å². The number of hydrogen-bond donors (Lipinski definition) is 1. The van der Waals surface area contributed by atoms with Gasteiger partial charge in [-0.1, -0.05) is 19.1 Å². The number of nitrogens with one attached hydrogen (secondary N) is 1. The zero-order chi connectivity index (χ0) is 11.5. The fraction of sp³-hybridized carbons (Fsp3) is 0.462. The Kier molecular flexibility index (Phi) is 5.52. The Morgan fingerprint density at radius 1 is 1.25 bits per heavy atom. The Labute approximate surface area is 104 Å². The van der Waals surface area contributed by atoms with Crippen LogP contribution in [0.4, 0.5) is 5.69 Å². The summed E-state index contributed by atoms with van der Waals surface area (Å²) in [6, 6.07) is 7.67. The average Bonchev–Trinajstić information content (AvgIpc) is 2.15. The highest BCUT2D eigenvalue weighted by molar-refractivity contribution is 6.01. The fourth-order valence-electron chi connectivity index (χ4n) is 1.43. The van der Waals surface area contributed by atoms with Crippen LogP contribution < -0.4 is 5.32 Å². The molecule has 3 heteroatoms. The minimum Gasteiger partial charge on any atom is -0.380 e.